The molecule has 0 aliphatic rings. The zero-order valence-corrected chi connectivity index (χ0v) is 8.32. The summed E-state index contributed by atoms with van der Waals surface area (Å²) in [6, 6.07) is 9.94. The molecule has 0 saturated carbocycles. The fourth-order valence-electron chi connectivity index (χ4n) is 1.10. The molecule has 0 radical (unpaired) electrons. The van der Waals surface area contributed by atoms with Crippen LogP contribution in [0.4, 0.5) is 4.79 Å². The van der Waals surface area contributed by atoms with Crippen molar-refractivity contribution in [2.75, 3.05) is 13.2 Å². The molecule has 1 aromatic carbocycles. The predicted octanol–water partition coefficient (Wildman–Crippen LogP) is 1.98. The van der Waals surface area contributed by atoms with Crippen LogP contribution in [0.3, 0.4) is 0 Å². The molecule has 0 aromatic heterocycles. The van der Waals surface area contributed by atoms with Crippen molar-refractivity contribution in [3.05, 3.63) is 35.9 Å². The van der Waals surface area contributed by atoms with Crippen LogP contribution in [0.5, 0.6) is 0 Å². The van der Waals surface area contributed by atoms with Gasteiger partial charge in [0, 0.05) is 13.0 Å². The number of carbonyl (C=O) groups excluding carboxylic acids is 1. The third-order valence-corrected chi connectivity index (χ3v) is 1.79. The second-order valence-electron chi connectivity index (χ2n) is 2.90. The average Bonchev–Trinajstić information content (AvgIpc) is 2.20. The molecular weight excluding hydrogens is 178 g/mol. The van der Waals surface area contributed by atoms with Gasteiger partial charge in [-0.15, -0.1) is 0 Å². The summed E-state index contributed by atoms with van der Waals surface area (Å²) in [7, 11) is 0. The minimum atomic E-state index is -0.344. The molecule has 3 heteroatoms. The number of benzene rings is 1. The highest BCUT2D eigenvalue weighted by Gasteiger charge is 1.98. The van der Waals surface area contributed by atoms with Crippen LogP contribution in [-0.2, 0) is 11.2 Å². The Labute approximate surface area is 84.1 Å². The van der Waals surface area contributed by atoms with Crippen LogP contribution in [0.1, 0.15) is 12.5 Å². The third-order valence-electron chi connectivity index (χ3n) is 1.79. The van der Waals surface area contributed by atoms with Gasteiger partial charge in [-0.25, -0.2) is 4.79 Å². The fraction of sp³-hybridized carbons (Fsp3) is 0.364. The number of rotatable bonds is 4. The van der Waals surface area contributed by atoms with Gasteiger partial charge in [0.2, 0.25) is 0 Å². The molecule has 0 fully saturated rings. The zero-order valence-electron chi connectivity index (χ0n) is 8.32. The van der Waals surface area contributed by atoms with Crippen molar-refractivity contribution in [1.82, 2.24) is 5.32 Å². The van der Waals surface area contributed by atoms with E-state index in [0.29, 0.717) is 13.2 Å². The maximum Gasteiger partial charge on any atom is 0.407 e. The van der Waals surface area contributed by atoms with Crippen molar-refractivity contribution in [3.8, 4) is 0 Å². The van der Waals surface area contributed by atoms with Crippen molar-refractivity contribution < 1.29 is 9.53 Å². The molecule has 0 aliphatic carbocycles. The molecule has 0 saturated heterocycles. The Hall–Kier alpha value is -1.51. The normalized spacial score (nSPS) is 9.50. The molecule has 3 nitrogen and oxygen atoms in total. The van der Waals surface area contributed by atoms with E-state index in [-0.39, 0.29) is 6.09 Å². The fourth-order valence-corrected chi connectivity index (χ4v) is 1.10. The summed E-state index contributed by atoms with van der Waals surface area (Å²) in [4.78, 5) is 10.9. The first kappa shape index (κ1) is 10.6. The summed E-state index contributed by atoms with van der Waals surface area (Å²) in [5, 5.41) is 2.57. The molecule has 76 valence electrons. The first-order valence-corrected chi connectivity index (χ1v) is 4.77. The Morgan fingerprint density at radius 3 is 2.71 bits per heavy atom. The van der Waals surface area contributed by atoms with E-state index in [9.17, 15) is 4.79 Å². The Balaban J connectivity index is 2.19. The molecule has 0 unspecified atom stereocenters. The number of nitrogens with one attached hydrogen (secondary N) is 1. The number of ether oxygens (including phenoxy) is 1. The van der Waals surface area contributed by atoms with Crippen LogP contribution in [0, 0.1) is 0 Å². The summed E-state index contributed by atoms with van der Waals surface area (Å²) >= 11 is 0. The van der Waals surface area contributed by atoms with Gasteiger partial charge in [-0.1, -0.05) is 30.3 Å². The maximum absolute atomic E-state index is 10.9. The van der Waals surface area contributed by atoms with Crippen molar-refractivity contribution in [3.63, 3.8) is 0 Å². The lowest BCUT2D eigenvalue weighted by molar-refractivity contribution is 0.148. The average molecular weight is 193 g/mol. The summed E-state index contributed by atoms with van der Waals surface area (Å²) in [5.74, 6) is 0. The molecule has 1 N–H and O–H groups in total. The van der Waals surface area contributed by atoms with E-state index in [0.717, 1.165) is 6.42 Å². The quantitative estimate of drug-likeness (QED) is 0.794. The van der Waals surface area contributed by atoms with Crippen molar-refractivity contribution in [2.45, 2.75) is 13.3 Å². The number of hydrogen-bond donors (Lipinski definition) is 1. The Morgan fingerprint density at radius 1 is 1.36 bits per heavy atom. The van der Waals surface area contributed by atoms with Crippen LogP contribution in [0.25, 0.3) is 0 Å². The Kier molecular flexibility index (Phi) is 4.55. The third kappa shape index (κ3) is 3.94. The van der Waals surface area contributed by atoms with Gasteiger partial charge in [-0.2, -0.15) is 0 Å². The van der Waals surface area contributed by atoms with Gasteiger partial charge in [-0.05, 0) is 12.5 Å². The predicted molar refractivity (Wildman–Crippen MR) is 55.2 cm³/mol. The highest BCUT2D eigenvalue weighted by Crippen LogP contribution is 1.99. The minimum Gasteiger partial charge on any atom is -0.449 e. The second kappa shape index (κ2) is 6.02. The van der Waals surface area contributed by atoms with E-state index >= 15 is 0 Å². The lowest BCUT2D eigenvalue weighted by Crippen LogP contribution is -2.24. The first-order chi connectivity index (χ1) is 6.83. The highest BCUT2D eigenvalue weighted by atomic mass is 16.5. The molecule has 0 spiro atoms. The maximum atomic E-state index is 10.9. The smallest absolute Gasteiger partial charge is 0.407 e. The Bertz CT molecular complexity index is 272. The van der Waals surface area contributed by atoms with Gasteiger partial charge in [0.05, 0.1) is 6.61 Å². The molecular formula is C11H15NO2. The number of alkyl carbamates (subject to hydrolysis) is 1. The van der Waals surface area contributed by atoms with Gasteiger partial charge in [-0.3, -0.25) is 0 Å². The van der Waals surface area contributed by atoms with Crippen LogP contribution in [-0.4, -0.2) is 19.2 Å². The minimum absolute atomic E-state index is 0.344. The lowest BCUT2D eigenvalue weighted by atomic mass is 10.2. The topological polar surface area (TPSA) is 38.3 Å². The van der Waals surface area contributed by atoms with E-state index in [1.807, 2.05) is 37.3 Å². The highest BCUT2D eigenvalue weighted by molar-refractivity contribution is 5.66. The molecule has 0 atom stereocenters. The van der Waals surface area contributed by atoms with Crippen molar-refractivity contribution in [1.29, 1.82) is 0 Å². The standard InChI is InChI=1S/C11H15NO2/c1-2-12-11(13)14-9-8-10-6-4-3-5-7-10/h3-7H,2,8-9H2,1H3,(H,12,13). The summed E-state index contributed by atoms with van der Waals surface area (Å²) < 4.78 is 4.94. The van der Waals surface area contributed by atoms with Crippen LogP contribution in [0.15, 0.2) is 30.3 Å². The van der Waals surface area contributed by atoms with Gasteiger partial charge in [0.1, 0.15) is 0 Å². The second-order valence-corrected chi connectivity index (χ2v) is 2.90. The van der Waals surface area contributed by atoms with E-state index in [1.54, 1.807) is 0 Å². The van der Waals surface area contributed by atoms with Gasteiger partial charge >= 0.3 is 6.09 Å². The lowest BCUT2D eigenvalue weighted by Gasteiger charge is -2.04. The van der Waals surface area contributed by atoms with Gasteiger partial charge in [0.25, 0.3) is 0 Å². The summed E-state index contributed by atoms with van der Waals surface area (Å²) in [6.45, 7) is 2.89. The number of amides is 1. The largest absolute Gasteiger partial charge is 0.449 e. The zero-order chi connectivity index (χ0) is 10.2. The van der Waals surface area contributed by atoms with Crippen molar-refractivity contribution >= 4 is 6.09 Å². The molecule has 0 bridgehead atoms. The summed E-state index contributed by atoms with van der Waals surface area (Å²) in [6.07, 6.45) is 0.418. The molecule has 14 heavy (non-hydrogen) atoms. The van der Waals surface area contributed by atoms with Crippen LogP contribution < -0.4 is 5.32 Å². The van der Waals surface area contributed by atoms with Crippen LogP contribution >= 0.6 is 0 Å². The molecule has 1 aromatic rings. The SMILES string of the molecule is CCNC(=O)OCCc1ccccc1. The van der Waals surface area contributed by atoms with Gasteiger partial charge < -0.3 is 10.1 Å². The number of hydrogen-bond acceptors (Lipinski definition) is 2. The molecule has 0 aliphatic heterocycles. The first-order valence-electron chi connectivity index (χ1n) is 4.77. The van der Waals surface area contributed by atoms with Crippen molar-refractivity contribution in [2.24, 2.45) is 0 Å². The van der Waals surface area contributed by atoms with E-state index < -0.39 is 0 Å². The van der Waals surface area contributed by atoms with Crippen LogP contribution in [0.2, 0.25) is 0 Å². The van der Waals surface area contributed by atoms with E-state index in [1.165, 1.54) is 5.56 Å². The number of carbonyl (C=O) groups is 1. The molecule has 1 amide bonds. The Morgan fingerprint density at radius 2 is 2.07 bits per heavy atom. The summed E-state index contributed by atoms with van der Waals surface area (Å²) in [5.41, 5.74) is 1.18. The molecule has 0 heterocycles. The van der Waals surface area contributed by atoms with E-state index in [4.69, 9.17) is 4.74 Å². The van der Waals surface area contributed by atoms with E-state index in [2.05, 4.69) is 5.32 Å². The molecule has 1 rings (SSSR count). The monoisotopic (exact) mass is 193 g/mol. The van der Waals surface area contributed by atoms with Gasteiger partial charge in [0.15, 0.2) is 0 Å².